The van der Waals surface area contributed by atoms with Gasteiger partial charge in [-0.15, -0.1) is 11.3 Å². The van der Waals surface area contributed by atoms with Gasteiger partial charge < -0.3 is 20.1 Å². The number of rotatable bonds is 6. The molecule has 3 rings (SSSR count). The summed E-state index contributed by atoms with van der Waals surface area (Å²) in [6.45, 7) is -0.783. The Morgan fingerprint density at radius 1 is 1.17 bits per heavy atom. The number of ether oxygens (including phenoxy) is 2. The van der Waals surface area contributed by atoms with Crippen LogP contribution in [-0.4, -0.2) is 24.3 Å². The highest BCUT2D eigenvalue weighted by atomic mass is 32.1. The molecule has 0 saturated carbocycles. The molecule has 0 fully saturated rings. The summed E-state index contributed by atoms with van der Waals surface area (Å²) in [7, 11) is 0. The van der Waals surface area contributed by atoms with Crippen LogP contribution in [0.25, 0.3) is 0 Å². The van der Waals surface area contributed by atoms with Crippen molar-refractivity contribution in [3.63, 3.8) is 0 Å². The molecule has 2 aromatic rings. The molecule has 156 valence electrons. The largest absolute Gasteiger partial charge is 0.462 e. The average molecular weight is 441 g/mol. The minimum absolute atomic E-state index is 0.0658. The van der Waals surface area contributed by atoms with Crippen LogP contribution in [0.2, 0.25) is 0 Å². The van der Waals surface area contributed by atoms with E-state index in [1.165, 1.54) is 28.3 Å². The Balaban J connectivity index is 1.74. The predicted molar refractivity (Wildman–Crippen MR) is 114 cm³/mol. The number of thiophene rings is 1. The fourth-order valence-electron chi connectivity index (χ4n) is 3.24. The standard InChI is InChI=1S/C20H22F2N2O3S2/c1-2-26-18(25)16-14-6-4-3-5-7-15(14)29-17(16)24-20(28)23-12-8-10-13(11-9-12)27-19(21)22/h8-11,19H,2-7H2,1H3,(H2,23,24,28). The maximum atomic E-state index is 12.6. The third-order valence-electron chi connectivity index (χ3n) is 4.47. The molecule has 29 heavy (non-hydrogen) atoms. The minimum atomic E-state index is -2.87. The highest BCUT2D eigenvalue weighted by Gasteiger charge is 2.26. The van der Waals surface area contributed by atoms with Gasteiger partial charge in [0.2, 0.25) is 0 Å². The topological polar surface area (TPSA) is 59.6 Å². The van der Waals surface area contributed by atoms with Crippen LogP contribution in [0.4, 0.5) is 19.5 Å². The molecule has 1 aliphatic rings. The van der Waals surface area contributed by atoms with Crippen LogP contribution >= 0.6 is 23.6 Å². The summed E-state index contributed by atoms with van der Waals surface area (Å²) >= 11 is 6.91. The summed E-state index contributed by atoms with van der Waals surface area (Å²) in [6.07, 6.45) is 5.10. The molecule has 0 spiro atoms. The van der Waals surface area contributed by atoms with Gasteiger partial charge in [0.05, 0.1) is 12.2 Å². The lowest BCUT2D eigenvalue weighted by molar-refractivity contribution is -0.0498. The van der Waals surface area contributed by atoms with Gasteiger partial charge in [-0.05, 0) is 74.7 Å². The molecule has 1 aromatic heterocycles. The van der Waals surface area contributed by atoms with E-state index in [1.54, 1.807) is 19.1 Å². The lowest BCUT2D eigenvalue weighted by Crippen LogP contribution is -2.20. The van der Waals surface area contributed by atoms with Crippen LogP contribution in [0.5, 0.6) is 5.75 Å². The number of thiocarbonyl (C=S) groups is 1. The van der Waals surface area contributed by atoms with Gasteiger partial charge in [0.15, 0.2) is 5.11 Å². The molecular formula is C20H22F2N2O3S2. The van der Waals surface area contributed by atoms with Crippen molar-refractivity contribution in [2.75, 3.05) is 17.2 Å². The van der Waals surface area contributed by atoms with Crippen molar-refractivity contribution in [2.45, 2.75) is 45.6 Å². The molecule has 0 bridgehead atoms. The summed E-state index contributed by atoms with van der Waals surface area (Å²) < 4.78 is 34.1. The molecule has 5 nitrogen and oxygen atoms in total. The van der Waals surface area contributed by atoms with Gasteiger partial charge in [0, 0.05) is 10.6 Å². The van der Waals surface area contributed by atoms with Gasteiger partial charge in [-0.25, -0.2) is 4.79 Å². The number of benzene rings is 1. The van der Waals surface area contributed by atoms with Gasteiger partial charge in [-0.1, -0.05) is 6.42 Å². The summed E-state index contributed by atoms with van der Waals surface area (Å²) in [4.78, 5) is 13.8. The monoisotopic (exact) mass is 440 g/mol. The number of aryl methyl sites for hydroxylation is 1. The molecule has 0 unspecified atom stereocenters. The van der Waals surface area contributed by atoms with Crippen molar-refractivity contribution in [3.8, 4) is 5.75 Å². The number of esters is 1. The molecule has 0 radical (unpaired) electrons. The summed E-state index contributed by atoms with van der Waals surface area (Å²) in [5, 5.41) is 7.08. The van der Waals surface area contributed by atoms with E-state index >= 15 is 0 Å². The second-order valence-corrected chi connectivity index (χ2v) is 7.98. The lowest BCUT2D eigenvalue weighted by atomic mass is 10.1. The van der Waals surface area contributed by atoms with E-state index in [1.807, 2.05) is 0 Å². The Bertz CT molecular complexity index is 869. The third kappa shape index (κ3) is 5.63. The molecule has 0 amide bonds. The van der Waals surface area contributed by atoms with Crippen LogP contribution in [0.15, 0.2) is 24.3 Å². The number of alkyl halides is 2. The first-order chi connectivity index (χ1) is 14.0. The molecule has 1 heterocycles. The number of carbonyl (C=O) groups is 1. The van der Waals surface area contributed by atoms with Crippen molar-refractivity contribution in [2.24, 2.45) is 0 Å². The van der Waals surface area contributed by atoms with Gasteiger partial charge in [0.1, 0.15) is 10.8 Å². The second kappa shape index (κ2) is 9.98. The lowest BCUT2D eigenvalue weighted by Gasteiger charge is -2.12. The Kier molecular flexibility index (Phi) is 7.38. The van der Waals surface area contributed by atoms with Crippen LogP contribution in [-0.2, 0) is 17.6 Å². The van der Waals surface area contributed by atoms with Gasteiger partial charge in [0.25, 0.3) is 0 Å². The fourth-order valence-corrected chi connectivity index (χ4v) is 4.80. The number of carbonyl (C=O) groups excluding carboxylic acids is 1. The Morgan fingerprint density at radius 2 is 1.90 bits per heavy atom. The van der Waals surface area contributed by atoms with Crippen molar-refractivity contribution in [1.29, 1.82) is 0 Å². The Labute approximate surface area is 177 Å². The molecule has 1 aliphatic carbocycles. The third-order valence-corrected chi connectivity index (χ3v) is 5.88. The number of fused-ring (bicyclic) bond motifs is 1. The van der Waals surface area contributed by atoms with Crippen LogP contribution in [0, 0.1) is 0 Å². The summed E-state index contributed by atoms with van der Waals surface area (Å²) in [6, 6.07) is 6.02. The zero-order chi connectivity index (χ0) is 20.8. The maximum absolute atomic E-state index is 12.6. The zero-order valence-electron chi connectivity index (χ0n) is 15.9. The fraction of sp³-hybridized carbons (Fsp3) is 0.400. The van der Waals surface area contributed by atoms with Gasteiger partial charge in [-0.2, -0.15) is 8.78 Å². The molecule has 9 heteroatoms. The second-order valence-electron chi connectivity index (χ2n) is 6.47. The molecule has 2 N–H and O–H groups in total. The Hall–Kier alpha value is -2.26. The first-order valence-corrected chi connectivity index (χ1v) is 10.6. The number of hydrogen-bond acceptors (Lipinski definition) is 5. The van der Waals surface area contributed by atoms with Gasteiger partial charge >= 0.3 is 12.6 Å². The highest BCUT2D eigenvalue weighted by molar-refractivity contribution is 7.80. The average Bonchev–Trinajstić information content (AvgIpc) is 2.83. The van der Waals surface area contributed by atoms with E-state index in [0.29, 0.717) is 28.0 Å². The van der Waals surface area contributed by atoms with Crippen molar-refractivity contribution in [3.05, 3.63) is 40.3 Å². The van der Waals surface area contributed by atoms with E-state index in [2.05, 4.69) is 15.4 Å². The van der Waals surface area contributed by atoms with Crippen LogP contribution < -0.4 is 15.4 Å². The normalized spacial score (nSPS) is 13.4. The number of anilines is 2. The summed E-state index contributed by atoms with van der Waals surface area (Å²) in [5.74, 6) is -0.276. The van der Waals surface area contributed by atoms with Crippen LogP contribution in [0.1, 0.15) is 47.0 Å². The van der Waals surface area contributed by atoms with E-state index < -0.39 is 6.61 Å². The molecule has 0 saturated heterocycles. The molecular weight excluding hydrogens is 418 g/mol. The first-order valence-electron chi connectivity index (χ1n) is 9.42. The van der Waals surface area contributed by atoms with Crippen molar-refractivity contribution in [1.82, 2.24) is 0 Å². The van der Waals surface area contributed by atoms with Crippen molar-refractivity contribution >= 4 is 45.3 Å². The first kappa shape index (κ1) is 21.4. The molecule has 1 aromatic carbocycles. The van der Waals surface area contributed by atoms with E-state index in [9.17, 15) is 13.6 Å². The zero-order valence-corrected chi connectivity index (χ0v) is 17.6. The van der Waals surface area contributed by atoms with Crippen LogP contribution in [0.3, 0.4) is 0 Å². The highest BCUT2D eigenvalue weighted by Crippen LogP contribution is 2.38. The van der Waals surface area contributed by atoms with E-state index in [-0.39, 0.29) is 11.7 Å². The minimum Gasteiger partial charge on any atom is -0.462 e. The van der Waals surface area contributed by atoms with E-state index in [0.717, 1.165) is 37.7 Å². The smallest absolute Gasteiger partial charge is 0.387 e. The molecule has 0 aliphatic heterocycles. The number of nitrogens with one attached hydrogen (secondary N) is 2. The maximum Gasteiger partial charge on any atom is 0.387 e. The van der Waals surface area contributed by atoms with E-state index in [4.69, 9.17) is 17.0 Å². The number of hydrogen-bond donors (Lipinski definition) is 2. The van der Waals surface area contributed by atoms with Crippen molar-refractivity contribution < 1.29 is 23.0 Å². The number of halogens is 2. The molecule has 0 atom stereocenters. The van der Waals surface area contributed by atoms with Gasteiger partial charge in [-0.3, -0.25) is 0 Å². The predicted octanol–water partition coefficient (Wildman–Crippen LogP) is 5.60. The quantitative estimate of drug-likeness (QED) is 0.346. The summed E-state index contributed by atoms with van der Waals surface area (Å²) in [5.41, 5.74) is 2.24. The SMILES string of the molecule is CCOC(=O)c1c(NC(=S)Nc2ccc(OC(F)F)cc2)sc2c1CCCCC2. The Morgan fingerprint density at radius 3 is 2.59 bits per heavy atom.